The molecule has 0 N–H and O–H groups in total. The SMILES string of the molecule is COc1cc(-n2cccc2)c(Cl)cc1C(=O)N1CCCCC1C(=O)N1CCCC1. The van der Waals surface area contributed by atoms with Crippen molar-refractivity contribution in [1.82, 2.24) is 14.4 Å². The van der Waals surface area contributed by atoms with Gasteiger partial charge in [-0.3, -0.25) is 9.59 Å². The number of carbonyl (C=O) groups is 2. The van der Waals surface area contributed by atoms with Gasteiger partial charge in [0.25, 0.3) is 5.91 Å². The highest BCUT2D eigenvalue weighted by Crippen LogP contribution is 2.32. The fraction of sp³-hybridized carbons (Fsp3) is 0.455. The minimum Gasteiger partial charge on any atom is -0.496 e. The Bertz CT molecular complexity index is 891. The molecular formula is C22H26ClN3O3. The summed E-state index contributed by atoms with van der Waals surface area (Å²) in [4.78, 5) is 30.1. The molecule has 1 atom stereocenters. The number of ether oxygens (including phenoxy) is 1. The Morgan fingerprint density at radius 3 is 2.41 bits per heavy atom. The Hall–Kier alpha value is -2.47. The minimum absolute atomic E-state index is 0.0737. The van der Waals surface area contributed by atoms with Crippen LogP contribution >= 0.6 is 11.6 Å². The van der Waals surface area contributed by atoms with Crippen molar-refractivity contribution in [3.63, 3.8) is 0 Å². The number of benzene rings is 1. The number of likely N-dealkylation sites (tertiary alicyclic amines) is 2. The normalized spacial score (nSPS) is 19.4. The van der Waals surface area contributed by atoms with Crippen LogP contribution in [-0.2, 0) is 4.79 Å². The van der Waals surface area contributed by atoms with Gasteiger partial charge in [-0.15, -0.1) is 0 Å². The van der Waals surface area contributed by atoms with E-state index in [1.54, 1.807) is 24.1 Å². The molecule has 154 valence electrons. The topological polar surface area (TPSA) is 54.8 Å². The maximum atomic E-state index is 13.5. The van der Waals surface area contributed by atoms with Crippen LogP contribution in [0.25, 0.3) is 5.69 Å². The molecule has 0 spiro atoms. The molecule has 29 heavy (non-hydrogen) atoms. The Balaban J connectivity index is 1.65. The standard InChI is InChI=1S/C22H26ClN3O3/c1-29-20-15-19(24-9-4-5-10-24)17(23)14-16(20)21(27)26-13-3-2-8-18(26)22(28)25-11-6-7-12-25/h4-5,9-10,14-15,18H,2-3,6-8,11-13H2,1H3. The molecule has 1 unspecified atom stereocenters. The third-order valence-corrected chi connectivity index (χ3v) is 6.15. The van der Waals surface area contributed by atoms with Crippen LogP contribution in [0, 0.1) is 0 Å². The van der Waals surface area contributed by atoms with Crippen molar-refractivity contribution in [3.8, 4) is 11.4 Å². The molecule has 2 aliphatic heterocycles. The number of halogens is 1. The number of carbonyl (C=O) groups excluding carboxylic acids is 2. The number of rotatable bonds is 4. The van der Waals surface area contributed by atoms with E-state index in [1.165, 1.54) is 0 Å². The van der Waals surface area contributed by atoms with Gasteiger partial charge >= 0.3 is 0 Å². The summed E-state index contributed by atoms with van der Waals surface area (Å²) in [5.41, 5.74) is 1.14. The molecule has 0 bridgehead atoms. The van der Waals surface area contributed by atoms with Crippen molar-refractivity contribution in [2.24, 2.45) is 0 Å². The quantitative estimate of drug-likeness (QED) is 0.764. The van der Waals surface area contributed by atoms with Crippen LogP contribution in [0.2, 0.25) is 5.02 Å². The average Bonchev–Trinajstić information content (AvgIpc) is 3.47. The highest BCUT2D eigenvalue weighted by molar-refractivity contribution is 6.33. The first-order chi connectivity index (χ1) is 14.1. The maximum absolute atomic E-state index is 13.5. The molecule has 0 aliphatic carbocycles. The van der Waals surface area contributed by atoms with Crippen molar-refractivity contribution in [3.05, 3.63) is 47.2 Å². The van der Waals surface area contributed by atoms with E-state index < -0.39 is 6.04 Å². The number of methoxy groups -OCH3 is 1. The third kappa shape index (κ3) is 3.86. The van der Waals surface area contributed by atoms with Crippen LogP contribution < -0.4 is 4.74 Å². The van der Waals surface area contributed by atoms with E-state index in [1.807, 2.05) is 34.0 Å². The summed E-state index contributed by atoms with van der Waals surface area (Å²) in [6.07, 6.45) is 8.41. The highest BCUT2D eigenvalue weighted by Gasteiger charge is 2.36. The zero-order valence-corrected chi connectivity index (χ0v) is 17.4. The summed E-state index contributed by atoms with van der Waals surface area (Å²) in [6, 6.07) is 6.84. The van der Waals surface area contributed by atoms with E-state index in [9.17, 15) is 9.59 Å². The Morgan fingerprint density at radius 1 is 1.03 bits per heavy atom. The van der Waals surface area contributed by atoms with Crippen LogP contribution in [0.5, 0.6) is 5.75 Å². The molecule has 0 saturated carbocycles. The van der Waals surface area contributed by atoms with Crippen LogP contribution in [0.15, 0.2) is 36.7 Å². The lowest BCUT2D eigenvalue weighted by atomic mass is 9.99. The van der Waals surface area contributed by atoms with Crippen molar-refractivity contribution in [2.45, 2.75) is 38.1 Å². The van der Waals surface area contributed by atoms with E-state index in [0.29, 0.717) is 29.3 Å². The predicted octanol–water partition coefficient (Wildman–Crippen LogP) is 3.76. The summed E-state index contributed by atoms with van der Waals surface area (Å²) >= 11 is 6.51. The molecule has 1 aromatic carbocycles. The molecule has 2 aliphatic rings. The van der Waals surface area contributed by atoms with Gasteiger partial charge in [0.05, 0.1) is 23.4 Å². The highest BCUT2D eigenvalue weighted by atomic mass is 35.5. The van der Waals surface area contributed by atoms with Gasteiger partial charge in [-0.2, -0.15) is 0 Å². The largest absolute Gasteiger partial charge is 0.496 e. The molecule has 2 saturated heterocycles. The molecule has 2 aromatic rings. The smallest absolute Gasteiger partial charge is 0.258 e. The number of piperidine rings is 1. The molecule has 7 heteroatoms. The zero-order chi connectivity index (χ0) is 20.4. The lowest BCUT2D eigenvalue weighted by Gasteiger charge is -2.37. The monoisotopic (exact) mass is 415 g/mol. The first-order valence-electron chi connectivity index (χ1n) is 10.2. The van der Waals surface area contributed by atoms with Crippen molar-refractivity contribution >= 4 is 23.4 Å². The Morgan fingerprint density at radius 2 is 1.72 bits per heavy atom. The second-order valence-electron chi connectivity index (χ2n) is 7.64. The van der Waals surface area contributed by atoms with Gasteiger partial charge < -0.3 is 19.1 Å². The number of hydrogen-bond donors (Lipinski definition) is 0. The second kappa shape index (κ2) is 8.49. The minimum atomic E-state index is -0.401. The molecule has 3 heterocycles. The summed E-state index contributed by atoms with van der Waals surface area (Å²) in [7, 11) is 1.54. The third-order valence-electron chi connectivity index (χ3n) is 5.85. The summed E-state index contributed by atoms with van der Waals surface area (Å²) in [6.45, 7) is 2.15. The zero-order valence-electron chi connectivity index (χ0n) is 16.6. The van der Waals surface area contributed by atoms with E-state index in [4.69, 9.17) is 16.3 Å². The predicted molar refractivity (Wildman–Crippen MR) is 112 cm³/mol. The van der Waals surface area contributed by atoms with Gasteiger partial charge in [0.1, 0.15) is 11.8 Å². The van der Waals surface area contributed by atoms with Gasteiger partial charge in [-0.25, -0.2) is 0 Å². The van der Waals surface area contributed by atoms with Gasteiger partial charge in [0, 0.05) is 38.1 Å². The van der Waals surface area contributed by atoms with Crippen molar-refractivity contribution in [1.29, 1.82) is 0 Å². The Kier molecular flexibility index (Phi) is 5.81. The maximum Gasteiger partial charge on any atom is 0.258 e. The molecule has 1 aromatic heterocycles. The van der Waals surface area contributed by atoms with Gasteiger partial charge in [-0.05, 0) is 50.3 Å². The molecule has 2 fully saturated rings. The van der Waals surface area contributed by atoms with Gasteiger partial charge in [0.15, 0.2) is 0 Å². The van der Waals surface area contributed by atoms with Crippen LogP contribution in [0.3, 0.4) is 0 Å². The average molecular weight is 416 g/mol. The van der Waals surface area contributed by atoms with Crippen LogP contribution in [0.4, 0.5) is 0 Å². The number of nitrogens with zero attached hydrogens (tertiary/aromatic N) is 3. The fourth-order valence-corrected chi connectivity index (χ4v) is 4.57. The lowest BCUT2D eigenvalue weighted by molar-refractivity contribution is -0.136. The lowest BCUT2D eigenvalue weighted by Crippen LogP contribution is -2.52. The summed E-state index contributed by atoms with van der Waals surface area (Å²) in [5, 5.41) is 0.463. The summed E-state index contributed by atoms with van der Waals surface area (Å²) < 4.78 is 7.41. The molecule has 4 rings (SSSR count). The van der Waals surface area contributed by atoms with Crippen LogP contribution in [-0.4, -0.2) is 59.0 Å². The second-order valence-corrected chi connectivity index (χ2v) is 8.04. The van der Waals surface area contributed by atoms with E-state index in [2.05, 4.69) is 0 Å². The van der Waals surface area contributed by atoms with E-state index >= 15 is 0 Å². The van der Waals surface area contributed by atoms with Crippen LogP contribution in [0.1, 0.15) is 42.5 Å². The van der Waals surface area contributed by atoms with Gasteiger partial charge in [-0.1, -0.05) is 11.6 Å². The Labute approximate surface area is 176 Å². The first kappa shape index (κ1) is 19.8. The fourth-order valence-electron chi connectivity index (χ4n) is 4.31. The number of hydrogen-bond acceptors (Lipinski definition) is 3. The molecule has 0 radical (unpaired) electrons. The molecule has 2 amide bonds. The van der Waals surface area contributed by atoms with Gasteiger partial charge in [0.2, 0.25) is 5.91 Å². The first-order valence-corrected chi connectivity index (χ1v) is 10.6. The molecular weight excluding hydrogens is 390 g/mol. The number of amides is 2. The van der Waals surface area contributed by atoms with Crippen molar-refractivity contribution in [2.75, 3.05) is 26.7 Å². The van der Waals surface area contributed by atoms with E-state index in [0.717, 1.165) is 44.5 Å². The van der Waals surface area contributed by atoms with E-state index in [-0.39, 0.29) is 11.8 Å². The van der Waals surface area contributed by atoms with Crippen molar-refractivity contribution < 1.29 is 14.3 Å². The molecule has 6 nitrogen and oxygen atoms in total. The number of aromatic nitrogens is 1. The summed E-state index contributed by atoms with van der Waals surface area (Å²) in [5.74, 6) is 0.339.